The molecule has 3 heteroatoms. The highest BCUT2D eigenvalue weighted by molar-refractivity contribution is 9.10. The number of halogens is 1. The molecule has 0 spiro atoms. The Hall–Kier alpha value is -1.09. The van der Waals surface area contributed by atoms with Crippen LogP contribution in [-0.4, -0.2) is 18.1 Å². The second-order valence-electron chi connectivity index (χ2n) is 6.30. The molecule has 2 heterocycles. The Kier molecular flexibility index (Phi) is 3.72. The highest BCUT2D eigenvalue weighted by atomic mass is 79.9. The van der Waals surface area contributed by atoms with Gasteiger partial charge in [-0.25, -0.2) is 0 Å². The predicted octanol–water partition coefficient (Wildman–Crippen LogP) is 4.79. The standard InChI is InChI=1S/C17H21BrN2/c1-11-6-12(2)10-20(9-11)17-7-13(3)19-16-5-4-14(18)8-15(16)17/h4-5,7-8,11-12H,6,9-10H2,1-3H3. The van der Waals surface area contributed by atoms with Crippen molar-refractivity contribution in [1.82, 2.24) is 4.98 Å². The Labute approximate surface area is 129 Å². The summed E-state index contributed by atoms with van der Waals surface area (Å²) in [7, 11) is 0. The molecule has 1 fully saturated rings. The van der Waals surface area contributed by atoms with Gasteiger partial charge in [0.2, 0.25) is 0 Å². The van der Waals surface area contributed by atoms with Crippen molar-refractivity contribution in [1.29, 1.82) is 0 Å². The van der Waals surface area contributed by atoms with Gasteiger partial charge < -0.3 is 4.90 Å². The maximum atomic E-state index is 4.66. The third-order valence-electron chi connectivity index (χ3n) is 4.09. The third-order valence-corrected chi connectivity index (χ3v) is 4.58. The number of aromatic nitrogens is 1. The summed E-state index contributed by atoms with van der Waals surface area (Å²) < 4.78 is 1.12. The van der Waals surface area contributed by atoms with Crippen LogP contribution in [0.2, 0.25) is 0 Å². The number of benzene rings is 1. The van der Waals surface area contributed by atoms with Gasteiger partial charge in [-0.05, 0) is 49.4 Å². The summed E-state index contributed by atoms with van der Waals surface area (Å²) in [4.78, 5) is 7.21. The summed E-state index contributed by atoms with van der Waals surface area (Å²) in [6.07, 6.45) is 1.34. The van der Waals surface area contributed by atoms with Crippen molar-refractivity contribution >= 4 is 32.5 Å². The number of aryl methyl sites for hydroxylation is 1. The van der Waals surface area contributed by atoms with Crippen molar-refractivity contribution in [2.45, 2.75) is 27.2 Å². The van der Waals surface area contributed by atoms with Crippen molar-refractivity contribution in [3.05, 3.63) is 34.4 Å². The second kappa shape index (κ2) is 5.36. The highest BCUT2D eigenvalue weighted by Gasteiger charge is 2.23. The summed E-state index contributed by atoms with van der Waals surface area (Å²) >= 11 is 3.59. The molecule has 1 aromatic heterocycles. The minimum absolute atomic E-state index is 0.759. The molecule has 2 aromatic rings. The third kappa shape index (κ3) is 2.69. The number of anilines is 1. The Morgan fingerprint density at radius 3 is 2.55 bits per heavy atom. The van der Waals surface area contributed by atoms with Crippen molar-refractivity contribution in [3.63, 3.8) is 0 Å². The van der Waals surface area contributed by atoms with E-state index in [0.29, 0.717) is 0 Å². The molecule has 1 aliphatic rings. The Balaban J connectivity index is 2.12. The molecule has 1 aliphatic heterocycles. The Morgan fingerprint density at radius 2 is 1.85 bits per heavy atom. The second-order valence-corrected chi connectivity index (χ2v) is 7.21. The number of nitrogens with zero attached hydrogens (tertiary/aromatic N) is 2. The van der Waals surface area contributed by atoms with Crippen LogP contribution >= 0.6 is 15.9 Å². The molecular formula is C17H21BrN2. The van der Waals surface area contributed by atoms with Gasteiger partial charge in [0.05, 0.1) is 5.52 Å². The number of piperidine rings is 1. The first-order chi connectivity index (χ1) is 9.52. The molecule has 0 N–H and O–H groups in total. The zero-order valence-electron chi connectivity index (χ0n) is 12.4. The van der Waals surface area contributed by atoms with Crippen LogP contribution in [0.4, 0.5) is 5.69 Å². The van der Waals surface area contributed by atoms with Gasteiger partial charge in [0.1, 0.15) is 0 Å². The fraction of sp³-hybridized carbons (Fsp3) is 0.471. The quantitative estimate of drug-likeness (QED) is 0.746. The molecule has 106 valence electrons. The topological polar surface area (TPSA) is 16.1 Å². The van der Waals surface area contributed by atoms with Crippen LogP contribution in [0.1, 0.15) is 26.0 Å². The van der Waals surface area contributed by atoms with E-state index in [1.54, 1.807) is 0 Å². The van der Waals surface area contributed by atoms with Crippen molar-refractivity contribution in [3.8, 4) is 0 Å². The zero-order valence-corrected chi connectivity index (χ0v) is 13.9. The van der Waals surface area contributed by atoms with Gasteiger partial charge in [-0.15, -0.1) is 0 Å². The SMILES string of the molecule is Cc1cc(N2CC(C)CC(C)C2)c2cc(Br)ccc2n1. The lowest BCUT2D eigenvalue weighted by Gasteiger charge is -2.37. The lowest BCUT2D eigenvalue weighted by atomic mass is 9.91. The van der Waals surface area contributed by atoms with Gasteiger partial charge in [-0.1, -0.05) is 29.8 Å². The highest BCUT2D eigenvalue weighted by Crippen LogP contribution is 2.33. The first-order valence-corrected chi connectivity index (χ1v) is 8.14. The van der Waals surface area contributed by atoms with Gasteiger partial charge in [0.15, 0.2) is 0 Å². The molecule has 0 saturated carbocycles. The molecule has 0 amide bonds. The van der Waals surface area contributed by atoms with Gasteiger partial charge in [0.25, 0.3) is 0 Å². The molecule has 20 heavy (non-hydrogen) atoms. The van der Waals surface area contributed by atoms with E-state index in [-0.39, 0.29) is 0 Å². The summed E-state index contributed by atoms with van der Waals surface area (Å²) in [5.41, 5.74) is 3.53. The van der Waals surface area contributed by atoms with Gasteiger partial charge in [0, 0.05) is 34.3 Å². The molecule has 1 aromatic carbocycles. The largest absolute Gasteiger partial charge is 0.370 e. The van der Waals surface area contributed by atoms with E-state index in [0.717, 1.165) is 40.6 Å². The van der Waals surface area contributed by atoms with Crippen LogP contribution in [0.5, 0.6) is 0 Å². The monoisotopic (exact) mass is 332 g/mol. The Morgan fingerprint density at radius 1 is 1.15 bits per heavy atom. The maximum absolute atomic E-state index is 4.66. The van der Waals surface area contributed by atoms with E-state index >= 15 is 0 Å². The molecular weight excluding hydrogens is 312 g/mol. The summed E-state index contributed by atoms with van der Waals surface area (Å²) in [6, 6.07) is 8.60. The summed E-state index contributed by atoms with van der Waals surface area (Å²) in [6.45, 7) is 9.09. The van der Waals surface area contributed by atoms with Crippen LogP contribution in [0.25, 0.3) is 10.9 Å². The van der Waals surface area contributed by atoms with E-state index in [1.165, 1.54) is 17.5 Å². The minimum Gasteiger partial charge on any atom is -0.370 e. The lowest BCUT2D eigenvalue weighted by Crippen LogP contribution is -2.38. The number of rotatable bonds is 1. The van der Waals surface area contributed by atoms with Gasteiger partial charge >= 0.3 is 0 Å². The predicted molar refractivity (Wildman–Crippen MR) is 89.3 cm³/mol. The van der Waals surface area contributed by atoms with E-state index in [2.05, 4.69) is 70.9 Å². The van der Waals surface area contributed by atoms with Crippen LogP contribution < -0.4 is 4.90 Å². The summed E-state index contributed by atoms with van der Waals surface area (Å²) in [5.74, 6) is 1.52. The molecule has 2 unspecified atom stereocenters. The molecule has 0 radical (unpaired) electrons. The average molecular weight is 333 g/mol. The fourth-order valence-corrected chi connectivity index (χ4v) is 3.79. The fourth-order valence-electron chi connectivity index (χ4n) is 3.43. The normalized spacial score (nSPS) is 23.3. The molecule has 2 nitrogen and oxygen atoms in total. The van der Waals surface area contributed by atoms with Gasteiger partial charge in [-0.2, -0.15) is 0 Å². The minimum atomic E-state index is 0.759. The average Bonchev–Trinajstić information content (AvgIpc) is 2.37. The van der Waals surface area contributed by atoms with E-state index in [1.807, 2.05) is 0 Å². The van der Waals surface area contributed by atoms with Crippen LogP contribution in [0.3, 0.4) is 0 Å². The van der Waals surface area contributed by atoms with Crippen LogP contribution in [-0.2, 0) is 0 Å². The van der Waals surface area contributed by atoms with Crippen molar-refractivity contribution in [2.24, 2.45) is 11.8 Å². The number of fused-ring (bicyclic) bond motifs is 1. The van der Waals surface area contributed by atoms with E-state index in [9.17, 15) is 0 Å². The first kappa shape index (κ1) is 13.9. The first-order valence-electron chi connectivity index (χ1n) is 7.35. The zero-order chi connectivity index (χ0) is 14.3. The van der Waals surface area contributed by atoms with E-state index in [4.69, 9.17) is 0 Å². The van der Waals surface area contributed by atoms with E-state index < -0.39 is 0 Å². The van der Waals surface area contributed by atoms with Crippen molar-refractivity contribution in [2.75, 3.05) is 18.0 Å². The Bertz CT molecular complexity index is 628. The number of hydrogen-bond donors (Lipinski definition) is 0. The number of pyridine rings is 1. The molecule has 3 rings (SSSR count). The molecule has 0 bridgehead atoms. The van der Waals surface area contributed by atoms with Crippen LogP contribution in [0.15, 0.2) is 28.7 Å². The molecule has 1 saturated heterocycles. The molecule has 2 atom stereocenters. The lowest BCUT2D eigenvalue weighted by molar-refractivity contribution is 0.357. The van der Waals surface area contributed by atoms with Gasteiger partial charge in [-0.3, -0.25) is 4.98 Å². The van der Waals surface area contributed by atoms with Crippen LogP contribution in [0, 0.1) is 18.8 Å². The maximum Gasteiger partial charge on any atom is 0.0726 e. The summed E-state index contributed by atoms with van der Waals surface area (Å²) in [5, 5.41) is 1.26. The smallest absolute Gasteiger partial charge is 0.0726 e. The number of hydrogen-bond acceptors (Lipinski definition) is 2. The molecule has 0 aliphatic carbocycles. The van der Waals surface area contributed by atoms with Crippen molar-refractivity contribution < 1.29 is 0 Å².